The molecule has 0 aliphatic rings. The molecule has 2 rings (SSSR count). The Kier molecular flexibility index (Phi) is 4.20. The molecule has 1 aromatic heterocycles. The van der Waals surface area contributed by atoms with Crippen molar-refractivity contribution in [3.05, 3.63) is 51.2 Å². The van der Waals surface area contributed by atoms with Crippen molar-refractivity contribution in [2.45, 2.75) is 13.1 Å². The van der Waals surface area contributed by atoms with Crippen LogP contribution in [0.4, 0.5) is 0 Å². The largest absolute Gasteiger partial charge is 0.316 e. The van der Waals surface area contributed by atoms with Crippen LogP contribution < -0.4 is 5.32 Å². The van der Waals surface area contributed by atoms with Gasteiger partial charge in [0.05, 0.1) is 12.7 Å². The number of halogens is 2. The molecule has 17 heavy (non-hydrogen) atoms. The number of benzene rings is 1. The van der Waals surface area contributed by atoms with E-state index in [0.717, 1.165) is 21.6 Å². The van der Waals surface area contributed by atoms with Gasteiger partial charge < -0.3 is 5.32 Å². The predicted octanol–water partition coefficient (Wildman–Crippen LogP) is 3.07. The maximum absolute atomic E-state index is 6.16. The monoisotopic (exact) mass is 313 g/mol. The van der Waals surface area contributed by atoms with Gasteiger partial charge in [-0.2, -0.15) is 5.10 Å². The van der Waals surface area contributed by atoms with Gasteiger partial charge in [-0.1, -0.05) is 33.6 Å². The third-order valence-electron chi connectivity index (χ3n) is 2.42. The fourth-order valence-corrected chi connectivity index (χ4v) is 2.35. The van der Waals surface area contributed by atoms with Crippen molar-refractivity contribution in [2.24, 2.45) is 0 Å². The molecule has 0 spiro atoms. The van der Waals surface area contributed by atoms with Crippen LogP contribution in [0.2, 0.25) is 5.02 Å². The third-order valence-corrected chi connectivity index (χ3v) is 3.26. The smallest absolute Gasteiger partial charge is 0.0674 e. The lowest BCUT2D eigenvalue weighted by Crippen LogP contribution is -2.04. The van der Waals surface area contributed by atoms with E-state index in [0.29, 0.717) is 6.54 Å². The van der Waals surface area contributed by atoms with Crippen molar-refractivity contribution in [3.8, 4) is 0 Å². The molecule has 1 N–H and O–H groups in total. The SMILES string of the molecule is CNCc1cnn(Cc2ccc(Br)cc2Cl)c1. The zero-order valence-electron chi connectivity index (χ0n) is 9.45. The van der Waals surface area contributed by atoms with Gasteiger partial charge in [0.2, 0.25) is 0 Å². The van der Waals surface area contributed by atoms with Gasteiger partial charge in [0.15, 0.2) is 0 Å². The number of hydrogen-bond donors (Lipinski definition) is 1. The summed E-state index contributed by atoms with van der Waals surface area (Å²) in [6, 6.07) is 5.89. The van der Waals surface area contributed by atoms with Crippen LogP contribution in [0.15, 0.2) is 35.1 Å². The molecule has 0 amide bonds. The maximum Gasteiger partial charge on any atom is 0.0674 e. The fourth-order valence-electron chi connectivity index (χ4n) is 1.61. The van der Waals surface area contributed by atoms with Gasteiger partial charge in [-0.3, -0.25) is 4.68 Å². The highest BCUT2D eigenvalue weighted by molar-refractivity contribution is 9.10. The summed E-state index contributed by atoms with van der Waals surface area (Å²) >= 11 is 9.56. The summed E-state index contributed by atoms with van der Waals surface area (Å²) in [5.74, 6) is 0. The summed E-state index contributed by atoms with van der Waals surface area (Å²) in [6.45, 7) is 1.52. The molecule has 0 saturated carbocycles. The van der Waals surface area contributed by atoms with Gasteiger partial charge in [0.25, 0.3) is 0 Å². The highest BCUT2D eigenvalue weighted by Gasteiger charge is 2.03. The molecule has 0 radical (unpaired) electrons. The Morgan fingerprint density at radius 3 is 3.00 bits per heavy atom. The van der Waals surface area contributed by atoms with E-state index in [4.69, 9.17) is 11.6 Å². The zero-order chi connectivity index (χ0) is 12.3. The lowest BCUT2D eigenvalue weighted by atomic mass is 10.2. The Labute approximate surface area is 114 Å². The third kappa shape index (κ3) is 3.31. The molecule has 1 aromatic carbocycles. The van der Waals surface area contributed by atoms with Crippen molar-refractivity contribution < 1.29 is 0 Å². The van der Waals surface area contributed by atoms with E-state index in [1.807, 2.05) is 42.3 Å². The minimum absolute atomic E-state index is 0.690. The minimum atomic E-state index is 0.690. The lowest BCUT2D eigenvalue weighted by molar-refractivity contribution is 0.685. The van der Waals surface area contributed by atoms with Crippen molar-refractivity contribution in [1.82, 2.24) is 15.1 Å². The van der Waals surface area contributed by atoms with E-state index >= 15 is 0 Å². The Balaban J connectivity index is 2.13. The van der Waals surface area contributed by atoms with Gasteiger partial charge >= 0.3 is 0 Å². The molecule has 0 fully saturated rings. The molecule has 5 heteroatoms. The number of nitrogens with zero attached hydrogens (tertiary/aromatic N) is 2. The van der Waals surface area contributed by atoms with Gasteiger partial charge in [0.1, 0.15) is 0 Å². The molecule has 0 bridgehead atoms. The van der Waals surface area contributed by atoms with E-state index in [1.54, 1.807) is 0 Å². The van der Waals surface area contributed by atoms with Gasteiger partial charge in [-0.05, 0) is 24.7 Å². The molecule has 1 heterocycles. The van der Waals surface area contributed by atoms with Gasteiger partial charge in [-0.25, -0.2) is 0 Å². The molecule has 0 aliphatic heterocycles. The molecular formula is C12H13BrClN3. The Morgan fingerprint density at radius 2 is 2.29 bits per heavy atom. The quantitative estimate of drug-likeness (QED) is 0.940. The van der Waals surface area contributed by atoms with Crippen LogP contribution >= 0.6 is 27.5 Å². The topological polar surface area (TPSA) is 29.9 Å². The first-order valence-electron chi connectivity index (χ1n) is 5.29. The summed E-state index contributed by atoms with van der Waals surface area (Å²) in [5, 5.41) is 8.15. The van der Waals surface area contributed by atoms with Crippen LogP contribution in [-0.2, 0) is 13.1 Å². The first-order valence-corrected chi connectivity index (χ1v) is 6.46. The first-order chi connectivity index (χ1) is 8.19. The lowest BCUT2D eigenvalue weighted by Gasteiger charge is -2.05. The minimum Gasteiger partial charge on any atom is -0.316 e. The average molecular weight is 315 g/mol. The fraction of sp³-hybridized carbons (Fsp3) is 0.250. The normalized spacial score (nSPS) is 10.8. The Bertz CT molecular complexity index is 510. The van der Waals surface area contributed by atoms with Crippen molar-refractivity contribution >= 4 is 27.5 Å². The number of rotatable bonds is 4. The van der Waals surface area contributed by atoms with Crippen molar-refractivity contribution in [3.63, 3.8) is 0 Å². The van der Waals surface area contributed by atoms with Gasteiger partial charge in [0, 0.05) is 27.8 Å². The van der Waals surface area contributed by atoms with E-state index in [1.165, 1.54) is 5.56 Å². The average Bonchev–Trinajstić information content (AvgIpc) is 2.71. The highest BCUT2D eigenvalue weighted by atomic mass is 79.9. The number of aromatic nitrogens is 2. The molecule has 0 unspecified atom stereocenters. The summed E-state index contributed by atoms with van der Waals surface area (Å²) < 4.78 is 2.88. The van der Waals surface area contributed by atoms with Crippen molar-refractivity contribution in [1.29, 1.82) is 0 Å². The Hall–Kier alpha value is -0.840. The van der Waals surface area contributed by atoms with Crippen LogP contribution in [0.5, 0.6) is 0 Å². The number of hydrogen-bond acceptors (Lipinski definition) is 2. The summed E-state index contributed by atoms with van der Waals surface area (Å²) in [4.78, 5) is 0. The van der Waals surface area contributed by atoms with Gasteiger partial charge in [-0.15, -0.1) is 0 Å². The molecule has 0 atom stereocenters. The molecular weight excluding hydrogens is 302 g/mol. The highest BCUT2D eigenvalue weighted by Crippen LogP contribution is 2.22. The number of nitrogens with one attached hydrogen (secondary N) is 1. The van der Waals surface area contributed by atoms with E-state index < -0.39 is 0 Å². The predicted molar refractivity (Wildman–Crippen MR) is 73.2 cm³/mol. The van der Waals surface area contributed by atoms with E-state index in [2.05, 4.69) is 26.3 Å². The van der Waals surface area contributed by atoms with Crippen LogP contribution in [0.25, 0.3) is 0 Å². The second-order valence-electron chi connectivity index (χ2n) is 3.81. The standard InChI is InChI=1S/C12H13BrClN3/c1-15-5-9-6-16-17(7-9)8-10-2-3-11(13)4-12(10)14/h2-4,6-7,15H,5,8H2,1H3. The maximum atomic E-state index is 6.16. The molecule has 0 saturated heterocycles. The summed E-state index contributed by atoms with van der Waals surface area (Å²) in [5.41, 5.74) is 2.23. The summed E-state index contributed by atoms with van der Waals surface area (Å²) in [7, 11) is 1.92. The van der Waals surface area contributed by atoms with E-state index in [9.17, 15) is 0 Å². The van der Waals surface area contributed by atoms with Crippen molar-refractivity contribution in [2.75, 3.05) is 7.05 Å². The molecule has 90 valence electrons. The van der Waals surface area contributed by atoms with E-state index in [-0.39, 0.29) is 0 Å². The van der Waals surface area contributed by atoms with Crippen LogP contribution in [0, 0.1) is 0 Å². The van der Waals surface area contributed by atoms with Crippen LogP contribution in [0.3, 0.4) is 0 Å². The second kappa shape index (κ2) is 5.67. The molecule has 3 nitrogen and oxygen atoms in total. The van der Waals surface area contributed by atoms with Crippen LogP contribution in [-0.4, -0.2) is 16.8 Å². The summed E-state index contributed by atoms with van der Waals surface area (Å²) in [6.07, 6.45) is 3.89. The zero-order valence-corrected chi connectivity index (χ0v) is 11.8. The first kappa shape index (κ1) is 12.6. The molecule has 0 aliphatic carbocycles. The molecule has 2 aromatic rings. The van der Waals surface area contributed by atoms with Crippen LogP contribution in [0.1, 0.15) is 11.1 Å². The second-order valence-corrected chi connectivity index (χ2v) is 5.14. The Morgan fingerprint density at radius 1 is 1.47 bits per heavy atom.